The quantitative estimate of drug-likeness (QED) is 0.843. The standard InChI is InChI=1S/C11H9F6NO2/c12-10(13,14)8(11(15,16)17)9(20)18-7-3-1-2-6(4-7)5-19/h1-4,8,19H,5H2,(H,18,20). The van der Waals surface area contributed by atoms with Crippen molar-refractivity contribution in [3.8, 4) is 0 Å². The number of hydrogen-bond donors (Lipinski definition) is 2. The van der Waals surface area contributed by atoms with Gasteiger partial charge in [-0.2, -0.15) is 26.3 Å². The number of carbonyl (C=O) groups is 1. The van der Waals surface area contributed by atoms with Crippen LogP contribution in [0.3, 0.4) is 0 Å². The van der Waals surface area contributed by atoms with Crippen molar-refractivity contribution in [1.82, 2.24) is 0 Å². The summed E-state index contributed by atoms with van der Waals surface area (Å²) < 4.78 is 73.8. The molecule has 0 unspecified atom stereocenters. The Morgan fingerprint density at radius 1 is 1.15 bits per heavy atom. The highest BCUT2D eigenvalue weighted by Crippen LogP contribution is 2.39. The predicted molar refractivity (Wildman–Crippen MR) is 56.6 cm³/mol. The molecule has 3 nitrogen and oxygen atoms in total. The second kappa shape index (κ2) is 5.70. The van der Waals surface area contributed by atoms with E-state index in [1.54, 1.807) is 0 Å². The van der Waals surface area contributed by atoms with E-state index in [0.717, 1.165) is 12.1 Å². The molecule has 0 radical (unpaired) electrons. The van der Waals surface area contributed by atoms with Gasteiger partial charge >= 0.3 is 12.4 Å². The van der Waals surface area contributed by atoms with Crippen LogP contribution < -0.4 is 5.32 Å². The molecule has 0 aliphatic rings. The number of nitrogens with one attached hydrogen (secondary N) is 1. The Morgan fingerprint density at radius 3 is 2.15 bits per heavy atom. The summed E-state index contributed by atoms with van der Waals surface area (Å²) in [5.41, 5.74) is -0.0292. The van der Waals surface area contributed by atoms with Crippen LogP contribution in [0.25, 0.3) is 0 Å². The number of halogens is 6. The molecule has 1 rings (SSSR count). The van der Waals surface area contributed by atoms with Gasteiger partial charge in [0.1, 0.15) is 0 Å². The molecule has 0 saturated heterocycles. The van der Waals surface area contributed by atoms with Gasteiger partial charge in [0.15, 0.2) is 0 Å². The number of anilines is 1. The van der Waals surface area contributed by atoms with E-state index in [1.165, 1.54) is 17.4 Å². The number of rotatable bonds is 3. The van der Waals surface area contributed by atoms with Crippen LogP contribution in [-0.2, 0) is 11.4 Å². The Labute approximate surface area is 109 Å². The number of benzene rings is 1. The third kappa shape index (κ3) is 4.12. The number of alkyl halides is 6. The molecule has 0 aliphatic carbocycles. The van der Waals surface area contributed by atoms with Crippen LogP contribution in [0.4, 0.5) is 32.0 Å². The number of amides is 1. The van der Waals surface area contributed by atoms with Gasteiger partial charge in [0.2, 0.25) is 11.8 Å². The van der Waals surface area contributed by atoms with Crippen LogP contribution >= 0.6 is 0 Å². The van der Waals surface area contributed by atoms with E-state index < -0.39 is 30.8 Å². The molecule has 1 amide bonds. The maximum atomic E-state index is 12.3. The Balaban J connectivity index is 2.97. The van der Waals surface area contributed by atoms with Crippen LogP contribution in [0, 0.1) is 5.92 Å². The first kappa shape index (κ1) is 16.3. The highest BCUT2D eigenvalue weighted by molar-refractivity contribution is 5.93. The lowest BCUT2D eigenvalue weighted by Crippen LogP contribution is -2.45. The average molecular weight is 301 g/mol. The smallest absolute Gasteiger partial charge is 0.392 e. The lowest BCUT2D eigenvalue weighted by Gasteiger charge is -2.22. The topological polar surface area (TPSA) is 49.3 Å². The molecule has 1 aromatic rings. The zero-order chi connectivity index (χ0) is 15.6. The minimum atomic E-state index is -5.74. The number of aliphatic hydroxyl groups is 1. The van der Waals surface area contributed by atoms with Crippen molar-refractivity contribution in [3.05, 3.63) is 29.8 Å². The molecule has 9 heteroatoms. The fraction of sp³-hybridized carbons (Fsp3) is 0.364. The monoisotopic (exact) mass is 301 g/mol. The first-order valence-corrected chi connectivity index (χ1v) is 5.20. The number of hydrogen-bond acceptors (Lipinski definition) is 2. The molecule has 0 aromatic heterocycles. The zero-order valence-corrected chi connectivity index (χ0v) is 9.72. The van der Waals surface area contributed by atoms with Gasteiger partial charge in [-0.1, -0.05) is 12.1 Å². The van der Waals surface area contributed by atoms with Crippen molar-refractivity contribution in [1.29, 1.82) is 0 Å². The van der Waals surface area contributed by atoms with Gasteiger partial charge in [0.05, 0.1) is 6.61 Å². The van der Waals surface area contributed by atoms with Gasteiger partial charge < -0.3 is 10.4 Å². The fourth-order valence-corrected chi connectivity index (χ4v) is 1.44. The minimum absolute atomic E-state index is 0.235. The highest BCUT2D eigenvalue weighted by atomic mass is 19.4. The summed E-state index contributed by atoms with van der Waals surface area (Å²) >= 11 is 0. The Bertz CT molecular complexity index is 469. The molecule has 20 heavy (non-hydrogen) atoms. The fourth-order valence-electron chi connectivity index (χ4n) is 1.44. The maximum absolute atomic E-state index is 12.3. The Hall–Kier alpha value is -1.77. The SMILES string of the molecule is O=C(Nc1cccc(CO)c1)C(C(F)(F)F)C(F)(F)F. The maximum Gasteiger partial charge on any atom is 0.409 e. The van der Waals surface area contributed by atoms with Crippen LogP contribution in [0.5, 0.6) is 0 Å². The van der Waals surface area contributed by atoms with Crippen LogP contribution in [0.2, 0.25) is 0 Å². The van der Waals surface area contributed by atoms with Crippen LogP contribution in [-0.4, -0.2) is 23.4 Å². The van der Waals surface area contributed by atoms with E-state index >= 15 is 0 Å². The van der Waals surface area contributed by atoms with Crippen molar-refractivity contribution in [3.63, 3.8) is 0 Å². The average Bonchev–Trinajstić information content (AvgIpc) is 2.24. The van der Waals surface area contributed by atoms with Gasteiger partial charge in [-0.15, -0.1) is 0 Å². The zero-order valence-electron chi connectivity index (χ0n) is 9.72. The van der Waals surface area contributed by atoms with E-state index in [2.05, 4.69) is 0 Å². The Morgan fingerprint density at radius 2 is 1.70 bits per heavy atom. The molecule has 0 aliphatic heterocycles. The van der Waals surface area contributed by atoms with E-state index in [1.807, 2.05) is 0 Å². The lowest BCUT2D eigenvalue weighted by atomic mass is 10.1. The molecular weight excluding hydrogens is 292 g/mol. The third-order valence-corrected chi connectivity index (χ3v) is 2.29. The lowest BCUT2D eigenvalue weighted by molar-refractivity contribution is -0.272. The van der Waals surface area contributed by atoms with Crippen molar-refractivity contribution >= 4 is 11.6 Å². The third-order valence-electron chi connectivity index (χ3n) is 2.29. The molecule has 0 bridgehead atoms. The molecule has 0 spiro atoms. The van der Waals surface area contributed by atoms with Gasteiger partial charge in [0, 0.05) is 5.69 Å². The predicted octanol–water partition coefficient (Wildman–Crippen LogP) is 2.86. The molecule has 2 N–H and O–H groups in total. The van der Waals surface area contributed by atoms with Crippen LogP contribution in [0.15, 0.2) is 24.3 Å². The van der Waals surface area contributed by atoms with Crippen molar-refractivity contribution in [2.75, 3.05) is 5.32 Å². The van der Waals surface area contributed by atoms with E-state index in [0.29, 0.717) is 0 Å². The molecule has 0 saturated carbocycles. The summed E-state index contributed by atoms with van der Waals surface area (Å²) in [4.78, 5) is 11.2. The number of aliphatic hydroxyl groups excluding tert-OH is 1. The van der Waals surface area contributed by atoms with Gasteiger partial charge in [-0.05, 0) is 17.7 Å². The molecule has 0 heterocycles. The summed E-state index contributed by atoms with van der Waals surface area (Å²) in [7, 11) is 0. The van der Waals surface area contributed by atoms with Crippen molar-refractivity contribution in [2.45, 2.75) is 19.0 Å². The van der Waals surface area contributed by atoms with E-state index in [9.17, 15) is 31.1 Å². The summed E-state index contributed by atoms with van der Waals surface area (Å²) in [6, 6.07) is 4.85. The van der Waals surface area contributed by atoms with E-state index in [-0.39, 0.29) is 11.3 Å². The first-order valence-electron chi connectivity index (χ1n) is 5.20. The van der Waals surface area contributed by atoms with Gasteiger partial charge in [-0.25, -0.2) is 0 Å². The van der Waals surface area contributed by atoms with Gasteiger partial charge in [-0.3, -0.25) is 4.79 Å². The molecular formula is C11H9F6NO2. The van der Waals surface area contributed by atoms with Gasteiger partial charge in [0.25, 0.3) is 0 Å². The summed E-state index contributed by atoms with van der Waals surface area (Å²) in [5.74, 6) is -6.33. The van der Waals surface area contributed by atoms with E-state index in [4.69, 9.17) is 5.11 Å². The second-order valence-electron chi connectivity index (χ2n) is 3.86. The molecule has 1 aromatic carbocycles. The summed E-state index contributed by atoms with van der Waals surface area (Å²) in [6.45, 7) is -0.467. The Kier molecular flexibility index (Phi) is 4.64. The molecule has 112 valence electrons. The second-order valence-corrected chi connectivity index (χ2v) is 3.86. The molecule has 0 atom stereocenters. The largest absolute Gasteiger partial charge is 0.409 e. The number of carbonyl (C=O) groups excluding carboxylic acids is 1. The van der Waals surface area contributed by atoms with Crippen LogP contribution in [0.1, 0.15) is 5.56 Å². The first-order chi connectivity index (χ1) is 9.05. The summed E-state index contributed by atoms with van der Waals surface area (Å²) in [6.07, 6.45) is -11.5. The minimum Gasteiger partial charge on any atom is -0.392 e. The normalized spacial score (nSPS) is 12.6. The molecule has 0 fully saturated rings. The highest BCUT2D eigenvalue weighted by Gasteiger charge is 2.61. The summed E-state index contributed by atoms with van der Waals surface area (Å²) in [5, 5.41) is 10.3. The van der Waals surface area contributed by atoms with Crippen molar-refractivity contribution < 1.29 is 36.2 Å². The van der Waals surface area contributed by atoms with Crippen molar-refractivity contribution in [2.24, 2.45) is 5.92 Å².